The van der Waals surface area contributed by atoms with Crippen molar-refractivity contribution in [3.63, 3.8) is 0 Å². The van der Waals surface area contributed by atoms with Crippen molar-refractivity contribution in [1.82, 2.24) is 0 Å². The molecule has 0 aliphatic heterocycles. The summed E-state index contributed by atoms with van der Waals surface area (Å²) in [6.45, 7) is 0. The Hall–Kier alpha value is -3.02. The lowest BCUT2D eigenvalue weighted by atomic mass is 10.0. The van der Waals surface area contributed by atoms with Crippen LogP contribution in [0, 0.1) is 0 Å². The molecule has 0 unspecified atom stereocenters. The van der Waals surface area contributed by atoms with E-state index in [9.17, 15) is 4.79 Å². The highest BCUT2D eigenvalue weighted by Crippen LogP contribution is 2.33. The summed E-state index contributed by atoms with van der Waals surface area (Å²) in [4.78, 5) is 10.8. The fourth-order valence-electron chi connectivity index (χ4n) is 3.16. The van der Waals surface area contributed by atoms with Crippen LogP contribution in [-0.2, 0) is 0 Å². The lowest BCUT2D eigenvalue weighted by Gasteiger charge is -2.19. The van der Waals surface area contributed by atoms with E-state index in [1.807, 2.05) is 24.3 Å². The highest BCUT2D eigenvalue weighted by Gasteiger charge is 2.15. The van der Waals surface area contributed by atoms with E-state index in [2.05, 4.69) is 84.9 Å². The molecule has 27 heavy (non-hydrogen) atoms. The molecule has 0 saturated carbocycles. The molecule has 0 bridgehead atoms. The fraction of sp³-hybridized carbons (Fsp3) is 0. The van der Waals surface area contributed by atoms with Gasteiger partial charge >= 0.3 is 0 Å². The van der Waals surface area contributed by atoms with Crippen LogP contribution in [0.1, 0.15) is 10.4 Å². The smallest absolute Gasteiger partial charge is 0.150 e. The maximum atomic E-state index is 10.8. The predicted octanol–water partition coefficient (Wildman–Crippen LogP) is 4.92. The summed E-state index contributed by atoms with van der Waals surface area (Å²) in [5, 5.41) is 4.03. The van der Waals surface area contributed by atoms with Crippen LogP contribution < -0.4 is 15.9 Å². The number of carbonyl (C=O) groups excluding carboxylic acids is 1. The van der Waals surface area contributed by atoms with Crippen LogP contribution >= 0.6 is 7.92 Å². The Balaban J connectivity index is 1.71. The van der Waals surface area contributed by atoms with Gasteiger partial charge in [0.05, 0.1) is 0 Å². The number of benzene rings is 4. The molecule has 0 aromatic heterocycles. The normalized spacial score (nSPS) is 10.7. The van der Waals surface area contributed by atoms with E-state index >= 15 is 0 Å². The molecular formula is C25H19OP. The Kier molecular flexibility index (Phi) is 5.23. The van der Waals surface area contributed by atoms with Gasteiger partial charge in [-0.05, 0) is 35.0 Å². The topological polar surface area (TPSA) is 17.1 Å². The van der Waals surface area contributed by atoms with Crippen molar-refractivity contribution < 1.29 is 4.79 Å². The molecule has 0 heterocycles. The quantitative estimate of drug-likeness (QED) is 0.362. The number of hydrogen-bond donors (Lipinski definition) is 0. The lowest BCUT2D eigenvalue weighted by Crippen LogP contribution is -2.20. The summed E-state index contributed by atoms with van der Waals surface area (Å²) < 4.78 is 0. The minimum atomic E-state index is -0.581. The van der Waals surface area contributed by atoms with Gasteiger partial charge in [0.1, 0.15) is 6.29 Å². The van der Waals surface area contributed by atoms with Gasteiger partial charge in [-0.2, -0.15) is 0 Å². The van der Waals surface area contributed by atoms with Crippen molar-refractivity contribution in [3.05, 3.63) is 115 Å². The van der Waals surface area contributed by atoms with E-state index in [1.165, 1.54) is 15.9 Å². The van der Waals surface area contributed by atoms with Crippen molar-refractivity contribution in [3.8, 4) is 11.1 Å². The average molecular weight is 366 g/mol. The highest BCUT2D eigenvalue weighted by atomic mass is 31.1. The van der Waals surface area contributed by atoms with E-state index in [0.717, 1.165) is 17.4 Å². The molecule has 0 aliphatic rings. The number of hydrogen-bond acceptors (Lipinski definition) is 1. The number of carbonyl (C=O) groups is 1. The van der Waals surface area contributed by atoms with Crippen LogP contribution in [0.5, 0.6) is 0 Å². The van der Waals surface area contributed by atoms with Crippen LogP contribution in [0.4, 0.5) is 0 Å². The summed E-state index contributed by atoms with van der Waals surface area (Å²) in [6, 6.07) is 37.9. The molecule has 4 rings (SSSR count). The molecular weight excluding hydrogens is 347 g/mol. The third-order valence-electron chi connectivity index (χ3n) is 4.53. The highest BCUT2D eigenvalue weighted by molar-refractivity contribution is 7.79. The number of rotatable bonds is 5. The molecule has 0 aliphatic carbocycles. The maximum Gasteiger partial charge on any atom is 0.150 e. The Bertz CT molecular complexity index is 968. The first-order valence-corrected chi connectivity index (χ1v) is 10.3. The molecule has 4 aromatic rings. The summed E-state index contributed by atoms with van der Waals surface area (Å²) in [6.07, 6.45) is 0.875. The van der Waals surface area contributed by atoms with Gasteiger partial charge in [-0.3, -0.25) is 4.79 Å². The van der Waals surface area contributed by atoms with Crippen LogP contribution in [0.2, 0.25) is 0 Å². The average Bonchev–Trinajstić information content (AvgIpc) is 2.76. The SMILES string of the molecule is O=Cc1ccc(-c2ccc(P(c3ccccc3)c3ccccc3)cc2)cc1. The minimum absolute atomic E-state index is 0.581. The summed E-state index contributed by atoms with van der Waals surface area (Å²) in [5.41, 5.74) is 2.98. The van der Waals surface area contributed by atoms with Crippen LogP contribution in [0.25, 0.3) is 11.1 Å². The first-order chi connectivity index (χ1) is 13.3. The van der Waals surface area contributed by atoms with Gasteiger partial charge in [-0.15, -0.1) is 0 Å². The largest absolute Gasteiger partial charge is 0.298 e. The van der Waals surface area contributed by atoms with Gasteiger partial charge in [-0.25, -0.2) is 0 Å². The third-order valence-corrected chi connectivity index (χ3v) is 6.98. The molecule has 0 amide bonds. The first-order valence-electron chi connectivity index (χ1n) is 8.91. The van der Waals surface area contributed by atoms with Gasteiger partial charge in [0.15, 0.2) is 0 Å². The Morgan fingerprint density at radius 2 is 0.889 bits per heavy atom. The summed E-state index contributed by atoms with van der Waals surface area (Å²) >= 11 is 0. The second-order valence-corrected chi connectivity index (χ2v) is 8.51. The van der Waals surface area contributed by atoms with Crippen LogP contribution in [0.15, 0.2) is 109 Å². The molecule has 1 nitrogen and oxygen atoms in total. The van der Waals surface area contributed by atoms with Gasteiger partial charge in [0, 0.05) is 5.56 Å². The summed E-state index contributed by atoms with van der Waals surface area (Å²) in [5.74, 6) is 0. The van der Waals surface area contributed by atoms with Crippen molar-refractivity contribution in [2.24, 2.45) is 0 Å². The Morgan fingerprint density at radius 3 is 1.33 bits per heavy atom. The van der Waals surface area contributed by atoms with Gasteiger partial charge in [-0.1, -0.05) is 109 Å². The van der Waals surface area contributed by atoms with Gasteiger partial charge < -0.3 is 0 Å². The molecule has 0 saturated heterocycles. The molecule has 130 valence electrons. The van der Waals surface area contributed by atoms with Gasteiger partial charge in [0.25, 0.3) is 0 Å². The molecule has 0 radical (unpaired) electrons. The molecule has 0 N–H and O–H groups in total. The van der Waals surface area contributed by atoms with Gasteiger partial charge in [0.2, 0.25) is 0 Å². The van der Waals surface area contributed by atoms with Crippen molar-refractivity contribution >= 4 is 30.1 Å². The molecule has 0 atom stereocenters. The number of aldehydes is 1. The Labute approximate surface area is 161 Å². The lowest BCUT2D eigenvalue weighted by molar-refractivity contribution is 0.112. The predicted molar refractivity (Wildman–Crippen MR) is 116 cm³/mol. The monoisotopic (exact) mass is 366 g/mol. The zero-order chi connectivity index (χ0) is 18.5. The van der Waals surface area contributed by atoms with Crippen molar-refractivity contribution in [2.75, 3.05) is 0 Å². The van der Waals surface area contributed by atoms with E-state index < -0.39 is 7.92 Å². The Morgan fingerprint density at radius 1 is 0.481 bits per heavy atom. The zero-order valence-corrected chi connectivity index (χ0v) is 15.7. The van der Waals surface area contributed by atoms with Crippen molar-refractivity contribution in [2.45, 2.75) is 0 Å². The van der Waals surface area contributed by atoms with E-state index in [0.29, 0.717) is 5.56 Å². The van der Waals surface area contributed by atoms with E-state index in [-0.39, 0.29) is 0 Å². The van der Waals surface area contributed by atoms with Crippen LogP contribution in [-0.4, -0.2) is 6.29 Å². The zero-order valence-electron chi connectivity index (χ0n) is 14.8. The summed E-state index contributed by atoms with van der Waals surface area (Å²) in [7, 11) is -0.581. The second kappa shape index (κ2) is 8.12. The fourth-order valence-corrected chi connectivity index (χ4v) is 5.44. The second-order valence-electron chi connectivity index (χ2n) is 6.29. The maximum absolute atomic E-state index is 10.8. The minimum Gasteiger partial charge on any atom is -0.298 e. The molecule has 4 aromatic carbocycles. The van der Waals surface area contributed by atoms with Crippen molar-refractivity contribution in [1.29, 1.82) is 0 Å². The molecule has 2 heteroatoms. The standard InChI is InChI=1S/C25H19OP/c26-19-20-11-13-21(14-12-20)22-15-17-25(18-16-22)27(23-7-3-1-4-8-23)24-9-5-2-6-10-24/h1-19H. The first kappa shape index (κ1) is 17.4. The van der Waals surface area contributed by atoms with Crippen LogP contribution in [0.3, 0.4) is 0 Å². The van der Waals surface area contributed by atoms with E-state index in [1.54, 1.807) is 0 Å². The van der Waals surface area contributed by atoms with E-state index in [4.69, 9.17) is 0 Å². The third kappa shape index (κ3) is 3.89. The molecule has 0 fully saturated rings. The molecule has 0 spiro atoms.